The fourth-order valence-corrected chi connectivity index (χ4v) is 2.01. The number of nitrogens with zero attached hydrogens (tertiary/aromatic N) is 1. The van der Waals surface area contributed by atoms with E-state index in [2.05, 4.69) is 6.92 Å². The molecule has 2 aromatic rings. The molecule has 0 aliphatic carbocycles. The number of hydrogen-bond acceptors (Lipinski definition) is 2. The van der Waals surface area contributed by atoms with Crippen LogP contribution in [0, 0.1) is 0 Å². The molecular formula is C16H19NO3. The van der Waals surface area contributed by atoms with Crippen LogP contribution >= 0.6 is 0 Å². The quantitative estimate of drug-likeness (QED) is 0.820. The van der Waals surface area contributed by atoms with Crippen LogP contribution in [0.4, 0.5) is 0 Å². The summed E-state index contributed by atoms with van der Waals surface area (Å²) in [5, 5.41) is 9.93. The SMILES string of the molecule is CCCOc1cccc2c1ccn2C/C=C(/C)C(=O)O. The molecule has 0 amide bonds. The van der Waals surface area contributed by atoms with Gasteiger partial charge in [0, 0.05) is 23.7 Å². The molecule has 0 atom stereocenters. The highest BCUT2D eigenvalue weighted by Crippen LogP contribution is 2.26. The van der Waals surface area contributed by atoms with Gasteiger partial charge in [0.15, 0.2) is 0 Å². The van der Waals surface area contributed by atoms with Crippen molar-refractivity contribution in [1.29, 1.82) is 0 Å². The molecule has 1 heterocycles. The Kier molecular flexibility index (Phi) is 4.45. The maximum atomic E-state index is 10.8. The molecule has 4 heteroatoms. The highest BCUT2D eigenvalue weighted by Gasteiger charge is 2.06. The zero-order valence-electron chi connectivity index (χ0n) is 11.8. The number of hydrogen-bond donors (Lipinski definition) is 1. The summed E-state index contributed by atoms with van der Waals surface area (Å²) in [5.41, 5.74) is 1.40. The van der Waals surface area contributed by atoms with E-state index in [0.29, 0.717) is 18.7 Å². The molecular weight excluding hydrogens is 254 g/mol. The molecule has 0 unspecified atom stereocenters. The first kappa shape index (κ1) is 14.2. The van der Waals surface area contributed by atoms with Crippen molar-refractivity contribution in [3.8, 4) is 5.75 Å². The van der Waals surface area contributed by atoms with Gasteiger partial charge >= 0.3 is 5.97 Å². The molecule has 0 aliphatic rings. The van der Waals surface area contributed by atoms with Crippen LogP contribution in [-0.4, -0.2) is 22.2 Å². The first-order valence-electron chi connectivity index (χ1n) is 6.74. The van der Waals surface area contributed by atoms with Crippen LogP contribution in [-0.2, 0) is 11.3 Å². The molecule has 0 bridgehead atoms. The van der Waals surface area contributed by atoms with Crippen molar-refractivity contribution < 1.29 is 14.6 Å². The number of fused-ring (bicyclic) bond motifs is 1. The Morgan fingerprint density at radius 3 is 2.90 bits per heavy atom. The Balaban J connectivity index is 2.28. The fourth-order valence-electron chi connectivity index (χ4n) is 2.01. The maximum absolute atomic E-state index is 10.8. The van der Waals surface area contributed by atoms with Gasteiger partial charge in [-0.25, -0.2) is 4.79 Å². The summed E-state index contributed by atoms with van der Waals surface area (Å²) in [6.45, 7) is 4.91. The van der Waals surface area contributed by atoms with E-state index in [-0.39, 0.29) is 0 Å². The molecule has 2 rings (SSSR count). The van der Waals surface area contributed by atoms with Crippen molar-refractivity contribution in [2.75, 3.05) is 6.61 Å². The van der Waals surface area contributed by atoms with E-state index in [9.17, 15) is 4.79 Å². The number of carboxylic acid groups (broad SMARTS) is 1. The standard InChI is InChI=1S/C16H19NO3/c1-3-11-20-15-6-4-5-14-13(15)8-10-17(14)9-7-12(2)16(18)19/h4-8,10H,3,9,11H2,1-2H3,(H,18,19)/b12-7-. The van der Waals surface area contributed by atoms with E-state index >= 15 is 0 Å². The zero-order chi connectivity index (χ0) is 14.5. The van der Waals surface area contributed by atoms with Gasteiger partial charge in [-0.3, -0.25) is 0 Å². The van der Waals surface area contributed by atoms with Gasteiger partial charge in [-0.2, -0.15) is 0 Å². The Hall–Kier alpha value is -2.23. The molecule has 20 heavy (non-hydrogen) atoms. The van der Waals surface area contributed by atoms with Gasteiger partial charge < -0.3 is 14.4 Å². The van der Waals surface area contributed by atoms with Gasteiger partial charge in [0.2, 0.25) is 0 Å². The minimum absolute atomic E-state index is 0.352. The molecule has 0 fully saturated rings. The summed E-state index contributed by atoms with van der Waals surface area (Å²) in [4.78, 5) is 10.8. The van der Waals surface area contributed by atoms with Gasteiger partial charge in [-0.15, -0.1) is 0 Å². The number of aromatic nitrogens is 1. The molecule has 0 saturated carbocycles. The highest BCUT2D eigenvalue weighted by atomic mass is 16.5. The van der Waals surface area contributed by atoms with Gasteiger partial charge in [0.25, 0.3) is 0 Å². The topological polar surface area (TPSA) is 51.5 Å². The van der Waals surface area contributed by atoms with E-state index in [1.54, 1.807) is 13.0 Å². The number of rotatable bonds is 6. The van der Waals surface area contributed by atoms with E-state index < -0.39 is 5.97 Å². The van der Waals surface area contributed by atoms with Crippen LogP contribution in [0.1, 0.15) is 20.3 Å². The minimum Gasteiger partial charge on any atom is -0.493 e. The molecule has 0 spiro atoms. The van der Waals surface area contributed by atoms with Crippen LogP contribution in [0.15, 0.2) is 42.1 Å². The van der Waals surface area contributed by atoms with Crippen molar-refractivity contribution in [3.63, 3.8) is 0 Å². The lowest BCUT2D eigenvalue weighted by Gasteiger charge is -2.07. The van der Waals surface area contributed by atoms with Crippen molar-refractivity contribution in [3.05, 3.63) is 42.1 Å². The number of allylic oxidation sites excluding steroid dienone is 1. The number of benzene rings is 1. The lowest BCUT2D eigenvalue weighted by molar-refractivity contribution is -0.132. The summed E-state index contributed by atoms with van der Waals surface area (Å²) in [6, 6.07) is 7.93. The molecule has 0 radical (unpaired) electrons. The normalized spacial score (nSPS) is 11.8. The summed E-state index contributed by atoms with van der Waals surface area (Å²) < 4.78 is 7.74. The number of aliphatic carboxylic acids is 1. The van der Waals surface area contributed by atoms with E-state index in [4.69, 9.17) is 9.84 Å². The Morgan fingerprint density at radius 1 is 1.40 bits per heavy atom. The Morgan fingerprint density at radius 2 is 2.20 bits per heavy atom. The fraction of sp³-hybridized carbons (Fsp3) is 0.312. The second-order valence-corrected chi connectivity index (χ2v) is 4.70. The van der Waals surface area contributed by atoms with Crippen LogP contribution in [0.3, 0.4) is 0 Å². The van der Waals surface area contributed by atoms with Crippen LogP contribution in [0.5, 0.6) is 5.75 Å². The summed E-state index contributed by atoms with van der Waals surface area (Å²) in [5.74, 6) is -0.00420. The average molecular weight is 273 g/mol. The third-order valence-electron chi connectivity index (χ3n) is 3.17. The van der Waals surface area contributed by atoms with Crippen molar-refractivity contribution >= 4 is 16.9 Å². The van der Waals surface area contributed by atoms with Gasteiger partial charge in [0.05, 0.1) is 12.1 Å². The molecule has 1 N–H and O–H groups in total. The number of carboxylic acids is 1. The number of ether oxygens (including phenoxy) is 1. The predicted octanol–water partition coefficient (Wildman–Crippen LogP) is 3.46. The summed E-state index contributed by atoms with van der Waals surface area (Å²) in [6.07, 6.45) is 4.63. The first-order chi connectivity index (χ1) is 9.63. The molecule has 1 aromatic heterocycles. The van der Waals surface area contributed by atoms with Crippen molar-refractivity contribution in [1.82, 2.24) is 4.57 Å². The van der Waals surface area contributed by atoms with Gasteiger partial charge in [0.1, 0.15) is 5.75 Å². The first-order valence-corrected chi connectivity index (χ1v) is 6.74. The van der Waals surface area contributed by atoms with Crippen molar-refractivity contribution in [2.24, 2.45) is 0 Å². The van der Waals surface area contributed by atoms with E-state index in [0.717, 1.165) is 23.1 Å². The summed E-state index contributed by atoms with van der Waals surface area (Å²) >= 11 is 0. The lowest BCUT2D eigenvalue weighted by atomic mass is 10.2. The minimum atomic E-state index is -0.881. The smallest absolute Gasteiger partial charge is 0.331 e. The Bertz CT molecular complexity index is 640. The Labute approximate surface area is 118 Å². The maximum Gasteiger partial charge on any atom is 0.331 e. The highest BCUT2D eigenvalue weighted by molar-refractivity contribution is 5.87. The average Bonchev–Trinajstić information content (AvgIpc) is 2.86. The van der Waals surface area contributed by atoms with E-state index in [1.807, 2.05) is 35.0 Å². The van der Waals surface area contributed by atoms with E-state index in [1.165, 1.54) is 0 Å². The van der Waals surface area contributed by atoms with Crippen LogP contribution in [0.25, 0.3) is 10.9 Å². The van der Waals surface area contributed by atoms with Crippen LogP contribution in [0.2, 0.25) is 0 Å². The molecule has 0 saturated heterocycles. The molecule has 0 aliphatic heterocycles. The zero-order valence-corrected chi connectivity index (χ0v) is 11.8. The second-order valence-electron chi connectivity index (χ2n) is 4.70. The molecule has 4 nitrogen and oxygen atoms in total. The summed E-state index contributed by atoms with van der Waals surface area (Å²) in [7, 11) is 0. The van der Waals surface area contributed by atoms with Crippen LogP contribution < -0.4 is 4.74 Å². The largest absolute Gasteiger partial charge is 0.493 e. The van der Waals surface area contributed by atoms with Gasteiger partial charge in [-0.1, -0.05) is 19.1 Å². The third-order valence-corrected chi connectivity index (χ3v) is 3.17. The molecule has 106 valence electrons. The van der Waals surface area contributed by atoms with Crippen molar-refractivity contribution in [2.45, 2.75) is 26.8 Å². The lowest BCUT2D eigenvalue weighted by Crippen LogP contribution is -2.00. The third kappa shape index (κ3) is 3.02. The monoisotopic (exact) mass is 273 g/mol. The number of carbonyl (C=O) groups is 1. The molecule has 1 aromatic carbocycles. The second kappa shape index (κ2) is 6.28. The van der Waals surface area contributed by atoms with Gasteiger partial charge in [-0.05, 0) is 31.5 Å². The predicted molar refractivity (Wildman–Crippen MR) is 79.1 cm³/mol.